The minimum Gasteiger partial charge on any atom is -0.375 e. The third kappa shape index (κ3) is 4.80. The molecule has 0 aromatic rings. The average molecular weight is 342 g/mol. The number of hydrogen-bond donors (Lipinski definition) is 0. The van der Waals surface area contributed by atoms with Crippen LogP contribution in [0.2, 0.25) is 0 Å². The van der Waals surface area contributed by atoms with Crippen molar-refractivity contribution in [1.82, 2.24) is 9.80 Å². The van der Waals surface area contributed by atoms with Crippen LogP contribution in [0.1, 0.15) is 47.5 Å². The van der Waals surface area contributed by atoms with E-state index in [1.54, 1.807) is 0 Å². The topological polar surface area (TPSA) is 80.4 Å². The van der Waals surface area contributed by atoms with E-state index in [0.29, 0.717) is 25.0 Å². The van der Waals surface area contributed by atoms with Crippen LogP contribution in [0, 0.1) is 16.0 Å². The van der Waals surface area contributed by atoms with E-state index in [0.717, 1.165) is 25.9 Å². The highest BCUT2D eigenvalue weighted by atomic mass is 16.7. The Kier molecular flexibility index (Phi) is 6.03. The Morgan fingerprint density at radius 2 is 2.17 bits per heavy atom. The Morgan fingerprint density at radius 3 is 2.67 bits per heavy atom. The number of guanidine groups is 1. The smallest absolute Gasteiger partial charge is 0.276 e. The van der Waals surface area contributed by atoms with Gasteiger partial charge in [-0.3, -0.25) is 0 Å². The first-order valence-corrected chi connectivity index (χ1v) is 8.76. The first kappa shape index (κ1) is 18.9. The molecule has 0 aromatic heterocycles. The van der Waals surface area contributed by atoms with Gasteiger partial charge in [0, 0.05) is 25.6 Å². The van der Waals surface area contributed by atoms with Crippen molar-refractivity contribution >= 4 is 5.96 Å². The van der Waals surface area contributed by atoms with Crippen LogP contribution in [0.4, 0.5) is 0 Å². The summed E-state index contributed by atoms with van der Waals surface area (Å²) in [5, 5.41) is 14.1. The summed E-state index contributed by atoms with van der Waals surface area (Å²) in [5.74, 6) is 0.778. The summed E-state index contributed by atoms with van der Waals surface area (Å²) in [5.41, 5.74) is -0.114. The number of hydrazone groups is 1. The molecule has 0 spiro atoms. The van der Waals surface area contributed by atoms with Crippen molar-refractivity contribution in [3.63, 3.8) is 0 Å². The van der Waals surface area contributed by atoms with Gasteiger partial charge in [-0.15, -0.1) is 0 Å². The lowest BCUT2D eigenvalue weighted by Gasteiger charge is -2.30. The summed E-state index contributed by atoms with van der Waals surface area (Å²) < 4.78 is 11.7. The van der Waals surface area contributed by atoms with E-state index in [1.807, 2.05) is 30.6 Å². The first-order valence-electron chi connectivity index (χ1n) is 8.76. The molecule has 2 heterocycles. The van der Waals surface area contributed by atoms with Crippen molar-refractivity contribution in [2.45, 2.75) is 65.4 Å². The zero-order valence-electron chi connectivity index (χ0n) is 15.4. The highest BCUT2D eigenvalue weighted by Crippen LogP contribution is 2.30. The van der Waals surface area contributed by atoms with E-state index in [9.17, 15) is 10.1 Å². The van der Waals surface area contributed by atoms with Gasteiger partial charge in [0.2, 0.25) is 0 Å². The van der Waals surface area contributed by atoms with Crippen molar-refractivity contribution in [2.75, 3.05) is 26.2 Å². The van der Waals surface area contributed by atoms with E-state index in [4.69, 9.17) is 9.47 Å². The maximum absolute atomic E-state index is 11.0. The van der Waals surface area contributed by atoms with Crippen LogP contribution in [0.5, 0.6) is 0 Å². The molecule has 2 aliphatic heterocycles. The van der Waals surface area contributed by atoms with E-state index >= 15 is 0 Å². The molecule has 0 amide bonds. The average Bonchev–Trinajstić information content (AvgIpc) is 3.00. The minimum absolute atomic E-state index is 0.0601. The monoisotopic (exact) mass is 342 g/mol. The molecule has 138 valence electrons. The normalized spacial score (nSPS) is 26.6. The van der Waals surface area contributed by atoms with Crippen molar-refractivity contribution in [3.8, 4) is 0 Å². The third-order valence-corrected chi connectivity index (χ3v) is 4.42. The molecular weight excluding hydrogens is 312 g/mol. The van der Waals surface area contributed by atoms with Crippen LogP contribution in [-0.2, 0) is 9.47 Å². The van der Waals surface area contributed by atoms with E-state index in [2.05, 4.69) is 18.9 Å². The summed E-state index contributed by atoms with van der Waals surface area (Å²) >= 11 is 0. The molecule has 24 heavy (non-hydrogen) atoms. The quantitative estimate of drug-likeness (QED) is 0.521. The Labute approximate surface area is 143 Å². The van der Waals surface area contributed by atoms with E-state index in [-0.39, 0.29) is 17.9 Å². The molecule has 0 radical (unpaired) electrons. The molecule has 8 heteroatoms. The number of rotatable bonds is 7. The zero-order valence-corrected chi connectivity index (χ0v) is 15.4. The van der Waals surface area contributed by atoms with Crippen LogP contribution in [0.25, 0.3) is 0 Å². The van der Waals surface area contributed by atoms with Gasteiger partial charge in [0.05, 0.1) is 18.3 Å². The molecule has 8 nitrogen and oxygen atoms in total. The van der Waals surface area contributed by atoms with E-state index < -0.39 is 5.03 Å². The highest BCUT2D eigenvalue weighted by Gasteiger charge is 2.39. The van der Waals surface area contributed by atoms with Gasteiger partial charge >= 0.3 is 0 Å². The SMILES string of the molecule is CCC(OC(C)C)N1CCN(CC2COC(C)(C)C2)C1=N[N+](=O)[O-]. The molecule has 0 bridgehead atoms. The lowest BCUT2D eigenvalue weighted by atomic mass is 9.97. The van der Waals surface area contributed by atoms with Crippen LogP contribution < -0.4 is 0 Å². The van der Waals surface area contributed by atoms with Crippen molar-refractivity contribution in [1.29, 1.82) is 0 Å². The Bertz CT molecular complexity index is 481. The predicted molar refractivity (Wildman–Crippen MR) is 91.1 cm³/mol. The number of ether oxygens (including phenoxy) is 2. The van der Waals surface area contributed by atoms with Gasteiger partial charge in [0.1, 0.15) is 11.3 Å². The predicted octanol–water partition coefficient (Wildman–Crippen LogP) is 2.13. The summed E-state index contributed by atoms with van der Waals surface area (Å²) in [6, 6.07) is 0. The van der Waals surface area contributed by atoms with Gasteiger partial charge in [-0.25, -0.2) is 10.1 Å². The van der Waals surface area contributed by atoms with Crippen molar-refractivity contribution < 1.29 is 14.5 Å². The number of nitro groups is 1. The van der Waals surface area contributed by atoms with Gasteiger partial charge < -0.3 is 19.3 Å². The van der Waals surface area contributed by atoms with Gasteiger partial charge in [0.25, 0.3) is 5.96 Å². The largest absolute Gasteiger partial charge is 0.375 e. The fourth-order valence-electron chi connectivity index (χ4n) is 3.54. The third-order valence-electron chi connectivity index (χ3n) is 4.42. The molecule has 2 saturated heterocycles. The van der Waals surface area contributed by atoms with Gasteiger partial charge in [-0.1, -0.05) is 6.92 Å². The molecule has 2 aliphatic rings. The van der Waals surface area contributed by atoms with Crippen LogP contribution in [0.3, 0.4) is 0 Å². The van der Waals surface area contributed by atoms with Crippen LogP contribution in [-0.4, -0.2) is 65.0 Å². The summed E-state index contributed by atoms with van der Waals surface area (Å²) in [6.45, 7) is 13.0. The molecule has 0 saturated carbocycles. The summed E-state index contributed by atoms with van der Waals surface area (Å²) in [6.07, 6.45) is 1.58. The number of nitrogens with zero attached hydrogens (tertiary/aromatic N) is 4. The molecular formula is C16H30N4O4. The summed E-state index contributed by atoms with van der Waals surface area (Å²) in [7, 11) is 0. The highest BCUT2D eigenvalue weighted by molar-refractivity contribution is 5.81. The Balaban J connectivity index is 2.10. The maximum Gasteiger partial charge on any atom is 0.276 e. The fraction of sp³-hybridized carbons (Fsp3) is 0.938. The Morgan fingerprint density at radius 1 is 1.46 bits per heavy atom. The van der Waals surface area contributed by atoms with E-state index in [1.165, 1.54) is 0 Å². The lowest BCUT2D eigenvalue weighted by molar-refractivity contribution is -0.486. The maximum atomic E-state index is 11.0. The van der Waals surface area contributed by atoms with Crippen LogP contribution >= 0.6 is 0 Å². The summed E-state index contributed by atoms with van der Waals surface area (Å²) in [4.78, 5) is 14.9. The molecule has 2 fully saturated rings. The zero-order chi connectivity index (χ0) is 17.9. The fourth-order valence-corrected chi connectivity index (χ4v) is 3.54. The Hall–Kier alpha value is -1.41. The lowest BCUT2D eigenvalue weighted by Crippen LogP contribution is -2.44. The van der Waals surface area contributed by atoms with Gasteiger partial charge in [0.15, 0.2) is 5.03 Å². The molecule has 0 aromatic carbocycles. The van der Waals surface area contributed by atoms with Crippen molar-refractivity contribution in [3.05, 3.63) is 10.1 Å². The van der Waals surface area contributed by atoms with Gasteiger partial charge in [-0.05, 0) is 40.5 Å². The second-order valence-corrected chi connectivity index (χ2v) is 7.47. The van der Waals surface area contributed by atoms with Gasteiger partial charge in [-0.2, -0.15) is 0 Å². The molecule has 2 unspecified atom stereocenters. The van der Waals surface area contributed by atoms with Crippen LogP contribution in [0.15, 0.2) is 5.10 Å². The molecule has 0 N–H and O–H groups in total. The first-order chi connectivity index (χ1) is 11.2. The molecule has 2 atom stereocenters. The standard InChI is InChI=1S/C16H30N4O4/c1-6-14(24-12(2)3)19-8-7-18(15(19)17-20(21)22)10-13-9-16(4,5)23-11-13/h12-14H,6-11H2,1-5H3. The number of hydrogen-bond acceptors (Lipinski definition) is 4. The second-order valence-electron chi connectivity index (χ2n) is 7.47. The minimum atomic E-state index is -0.613. The molecule has 0 aliphatic carbocycles. The van der Waals surface area contributed by atoms with Crippen molar-refractivity contribution in [2.24, 2.45) is 11.0 Å². The molecule has 2 rings (SSSR count). The second kappa shape index (κ2) is 7.65.